The topological polar surface area (TPSA) is 23.5 Å². The van der Waals surface area contributed by atoms with Crippen molar-refractivity contribution in [2.75, 3.05) is 18.0 Å². The minimum atomic E-state index is -0.0490. The number of anilines is 1. The highest BCUT2D eigenvalue weighted by Gasteiger charge is 2.51. The Morgan fingerprint density at radius 2 is 1.41 bits per heavy atom. The van der Waals surface area contributed by atoms with Crippen molar-refractivity contribution in [1.29, 1.82) is 0 Å². The summed E-state index contributed by atoms with van der Waals surface area (Å²) in [5.41, 5.74) is 7.28. The van der Waals surface area contributed by atoms with Gasteiger partial charge in [-0.3, -0.25) is 0 Å². The number of phenols is 1. The highest BCUT2D eigenvalue weighted by atomic mass is 16.3. The number of hydrogen-bond acceptors (Lipinski definition) is 2. The highest BCUT2D eigenvalue weighted by Crippen LogP contribution is 2.63. The van der Waals surface area contributed by atoms with Gasteiger partial charge in [-0.05, 0) is 102 Å². The van der Waals surface area contributed by atoms with Gasteiger partial charge in [-0.15, -0.1) is 0 Å². The second kappa shape index (κ2) is 7.51. The molecule has 1 spiro atoms. The maximum Gasteiger partial charge on any atom is 0.123 e. The number of benzene rings is 3. The Morgan fingerprint density at radius 1 is 0.735 bits per heavy atom. The van der Waals surface area contributed by atoms with E-state index in [-0.39, 0.29) is 16.2 Å². The van der Waals surface area contributed by atoms with E-state index in [0.29, 0.717) is 5.75 Å². The van der Waals surface area contributed by atoms with E-state index in [4.69, 9.17) is 0 Å². The molecular weight excluding hydrogens is 414 g/mol. The molecule has 3 aromatic rings. The Kier molecular flexibility index (Phi) is 4.86. The van der Waals surface area contributed by atoms with E-state index < -0.39 is 0 Å². The fourth-order valence-electron chi connectivity index (χ4n) is 7.60. The zero-order valence-electron chi connectivity index (χ0n) is 21.4. The average molecular weight is 454 g/mol. The fraction of sp³-hybridized carbons (Fsp3) is 0.500. The fourth-order valence-corrected chi connectivity index (χ4v) is 7.60. The van der Waals surface area contributed by atoms with Gasteiger partial charge >= 0.3 is 0 Å². The summed E-state index contributed by atoms with van der Waals surface area (Å²) in [5, 5.41) is 13.7. The minimum Gasteiger partial charge on any atom is -0.507 e. The Balaban J connectivity index is 1.61. The van der Waals surface area contributed by atoms with Crippen LogP contribution in [0.25, 0.3) is 21.9 Å². The van der Waals surface area contributed by atoms with Gasteiger partial charge in [-0.25, -0.2) is 0 Å². The first-order valence-electron chi connectivity index (χ1n) is 13.3. The Bertz CT molecular complexity index is 1240. The molecule has 2 nitrogen and oxygen atoms in total. The van der Waals surface area contributed by atoms with E-state index in [1.807, 2.05) is 0 Å². The van der Waals surface area contributed by atoms with Gasteiger partial charge in [0.15, 0.2) is 0 Å². The van der Waals surface area contributed by atoms with Crippen LogP contribution in [0.5, 0.6) is 5.75 Å². The predicted molar refractivity (Wildman–Crippen MR) is 144 cm³/mol. The maximum atomic E-state index is 11.5. The summed E-state index contributed by atoms with van der Waals surface area (Å²) in [4.78, 5) is 2.49. The molecule has 3 aliphatic rings. The Labute approximate surface area is 205 Å². The molecule has 1 aliphatic heterocycles. The summed E-state index contributed by atoms with van der Waals surface area (Å²) >= 11 is 0. The van der Waals surface area contributed by atoms with E-state index in [1.54, 1.807) is 0 Å². The SMILES string of the molecule is CC1(C)CCC(C)(C)CC2(C1)c1ccccc1-c1c2cc(O)c2cc(N3CCCCC3)ccc12. The van der Waals surface area contributed by atoms with Crippen LogP contribution in [0, 0.1) is 10.8 Å². The van der Waals surface area contributed by atoms with Crippen molar-refractivity contribution in [1.82, 2.24) is 0 Å². The van der Waals surface area contributed by atoms with Gasteiger partial charge < -0.3 is 10.0 Å². The van der Waals surface area contributed by atoms with Gasteiger partial charge in [0.25, 0.3) is 0 Å². The van der Waals surface area contributed by atoms with Crippen molar-refractivity contribution in [3.05, 3.63) is 59.7 Å². The van der Waals surface area contributed by atoms with Crippen molar-refractivity contribution in [3.8, 4) is 16.9 Å². The lowest BCUT2D eigenvalue weighted by molar-refractivity contribution is 0.255. The molecule has 1 saturated carbocycles. The van der Waals surface area contributed by atoms with Crippen molar-refractivity contribution >= 4 is 16.5 Å². The van der Waals surface area contributed by atoms with Gasteiger partial charge in [0, 0.05) is 29.6 Å². The van der Waals surface area contributed by atoms with Crippen LogP contribution < -0.4 is 4.90 Å². The molecule has 2 aliphatic carbocycles. The summed E-state index contributed by atoms with van der Waals surface area (Å²) in [6, 6.07) is 18.1. The van der Waals surface area contributed by atoms with Crippen LogP contribution in [0.1, 0.15) is 83.8 Å². The van der Waals surface area contributed by atoms with Gasteiger partial charge in [-0.2, -0.15) is 0 Å². The van der Waals surface area contributed by atoms with Crippen molar-refractivity contribution in [2.24, 2.45) is 10.8 Å². The lowest BCUT2D eigenvalue weighted by Gasteiger charge is -2.39. The number of rotatable bonds is 1. The van der Waals surface area contributed by atoms with Crippen LogP contribution in [0.4, 0.5) is 5.69 Å². The van der Waals surface area contributed by atoms with E-state index in [1.165, 1.54) is 65.4 Å². The molecule has 6 rings (SSSR count). The van der Waals surface area contributed by atoms with E-state index in [9.17, 15) is 5.11 Å². The second-order valence-corrected chi connectivity index (χ2v) is 12.9. The molecule has 1 heterocycles. The third-order valence-electron chi connectivity index (χ3n) is 9.09. The zero-order valence-corrected chi connectivity index (χ0v) is 21.4. The van der Waals surface area contributed by atoms with Crippen molar-refractivity contribution in [3.63, 3.8) is 0 Å². The molecule has 2 heteroatoms. The smallest absolute Gasteiger partial charge is 0.123 e. The maximum absolute atomic E-state index is 11.5. The van der Waals surface area contributed by atoms with Gasteiger partial charge in [0.1, 0.15) is 5.75 Å². The minimum absolute atomic E-state index is 0.0490. The highest BCUT2D eigenvalue weighted by molar-refractivity contribution is 6.06. The Morgan fingerprint density at radius 3 is 2.12 bits per heavy atom. The number of nitrogens with zero attached hydrogens (tertiary/aromatic N) is 1. The second-order valence-electron chi connectivity index (χ2n) is 12.9. The largest absolute Gasteiger partial charge is 0.507 e. The predicted octanol–water partition coefficient (Wildman–Crippen LogP) is 8.43. The standard InChI is InChI=1S/C32H39NO/c1-30(2)14-15-31(3,4)21-32(20-30)26-11-7-6-10-24(26)29-23-13-12-22(33-16-8-5-9-17-33)18-25(23)28(34)19-27(29)32/h6-7,10-13,18-19,34H,5,8-9,14-17,20-21H2,1-4H3. The molecule has 0 atom stereocenters. The lowest BCUT2D eigenvalue weighted by Crippen LogP contribution is -2.33. The van der Waals surface area contributed by atoms with Crippen LogP contribution in [0.3, 0.4) is 0 Å². The van der Waals surface area contributed by atoms with E-state index in [0.717, 1.165) is 31.3 Å². The summed E-state index contributed by atoms with van der Waals surface area (Å²) in [7, 11) is 0. The van der Waals surface area contributed by atoms with Crippen LogP contribution in [-0.4, -0.2) is 18.2 Å². The number of fused-ring (bicyclic) bond motifs is 7. The third-order valence-corrected chi connectivity index (χ3v) is 9.09. The molecule has 178 valence electrons. The van der Waals surface area contributed by atoms with Gasteiger partial charge in [0.2, 0.25) is 0 Å². The Hall–Kier alpha value is -2.48. The number of phenolic OH excluding ortho intramolecular Hbond substituents is 1. The lowest BCUT2D eigenvalue weighted by atomic mass is 9.64. The van der Waals surface area contributed by atoms with Crippen LogP contribution >= 0.6 is 0 Å². The van der Waals surface area contributed by atoms with E-state index in [2.05, 4.69) is 81.1 Å². The van der Waals surface area contributed by atoms with Crippen LogP contribution in [0.2, 0.25) is 0 Å². The molecule has 0 aromatic heterocycles. The molecule has 0 unspecified atom stereocenters. The van der Waals surface area contributed by atoms with Crippen LogP contribution in [0.15, 0.2) is 48.5 Å². The van der Waals surface area contributed by atoms with Crippen LogP contribution in [-0.2, 0) is 5.41 Å². The van der Waals surface area contributed by atoms with E-state index >= 15 is 0 Å². The molecule has 1 saturated heterocycles. The quantitative estimate of drug-likeness (QED) is 0.400. The summed E-state index contributed by atoms with van der Waals surface area (Å²) in [6.07, 6.45) is 8.60. The molecule has 2 fully saturated rings. The number of aromatic hydroxyl groups is 1. The summed E-state index contributed by atoms with van der Waals surface area (Å²) in [5.74, 6) is 0.444. The van der Waals surface area contributed by atoms with Crippen molar-refractivity contribution < 1.29 is 5.11 Å². The first-order chi connectivity index (χ1) is 16.2. The molecule has 0 bridgehead atoms. The number of hydrogen-bond donors (Lipinski definition) is 1. The zero-order chi connectivity index (χ0) is 23.7. The third kappa shape index (κ3) is 3.36. The molecule has 1 N–H and O–H groups in total. The molecular formula is C32H39NO. The monoisotopic (exact) mass is 453 g/mol. The molecule has 34 heavy (non-hydrogen) atoms. The molecule has 0 amide bonds. The normalized spacial score (nSPS) is 22.4. The molecule has 0 radical (unpaired) electrons. The van der Waals surface area contributed by atoms with Gasteiger partial charge in [0.05, 0.1) is 0 Å². The number of piperidine rings is 1. The van der Waals surface area contributed by atoms with Crippen molar-refractivity contribution in [2.45, 2.75) is 78.1 Å². The average Bonchev–Trinajstić information content (AvgIpc) is 3.00. The molecule has 3 aromatic carbocycles. The summed E-state index contributed by atoms with van der Waals surface area (Å²) < 4.78 is 0. The first kappa shape index (κ1) is 22.0. The first-order valence-corrected chi connectivity index (χ1v) is 13.3. The van der Waals surface area contributed by atoms with Gasteiger partial charge in [-0.1, -0.05) is 58.0 Å². The summed E-state index contributed by atoms with van der Waals surface area (Å²) in [6.45, 7) is 12.0.